The molecule has 1 unspecified atom stereocenters. The quantitative estimate of drug-likeness (QED) is 0.843. The second-order valence-corrected chi connectivity index (χ2v) is 5.13. The highest BCUT2D eigenvalue weighted by atomic mass is 79.9. The molecule has 0 radical (unpaired) electrons. The van der Waals surface area contributed by atoms with Crippen molar-refractivity contribution < 1.29 is 0 Å². The van der Waals surface area contributed by atoms with E-state index in [1.807, 2.05) is 0 Å². The zero-order chi connectivity index (χ0) is 12.0. The Morgan fingerprint density at radius 3 is 2.81 bits per heavy atom. The Morgan fingerprint density at radius 1 is 1.44 bits per heavy atom. The van der Waals surface area contributed by atoms with E-state index in [2.05, 4.69) is 53.3 Å². The monoisotopic (exact) mass is 284 g/mol. The number of hydrogen-bond donors (Lipinski definition) is 2. The number of nitrogens with two attached hydrogens (primary N) is 1. The van der Waals surface area contributed by atoms with Gasteiger partial charge in [0.05, 0.1) is 0 Å². The first-order valence-corrected chi connectivity index (χ1v) is 6.62. The van der Waals surface area contributed by atoms with Crippen molar-refractivity contribution in [2.75, 3.05) is 13.1 Å². The minimum absolute atomic E-state index is 0.590. The summed E-state index contributed by atoms with van der Waals surface area (Å²) in [6.07, 6.45) is 1.14. The van der Waals surface area contributed by atoms with Crippen molar-refractivity contribution in [3.8, 4) is 0 Å². The summed E-state index contributed by atoms with van der Waals surface area (Å²) in [4.78, 5) is 0. The Morgan fingerprint density at radius 2 is 2.19 bits per heavy atom. The van der Waals surface area contributed by atoms with Crippen LogP contribution in [0, 0.1) is 12.8 Å². The standard InChI is InChI=1S/C13H21BrN2/c1-3-11(7-15)8-16-9-12-6-13(14)5-4-10(12)2/h4-6,11,16H,3,7-9,15H2,1-2H3. The van der Waals surface area contributed by atoms with Crippen LogP contribution < -0.4 is 11.1 Å². The molecule has 0 saturated heterocycles. The molecule has 0 aliphatic heterocycles. The van der Waals surface area contributed by atoms with Crippen LogP contribution in [0.3, 0.4) is 0 Å². The Bertz CT molecular complexity index is 322. The van der Waals surface area contributed by atoms with Crippen molar-refractivity contribution in [2.45, 2.75) is 26.8 Å². The van der Waals surface area contributed by atoms with Gasteiger partial charge in [0.1, 0.15) is 0 Å². The number of nitrogens with one attached hydrogen (secondary N) is 1. The van der Waals surface area contributed by atoms with Crippen molar-refractivity contribution in [3.05, 3.63) is 33.8 Å². The van der Waals surface area contributed by atoms with Crippen molar-refractivity contribution in [1.82, 2.24) is 5.32 Å². The predicted molar refractivity (Wildman–Crippen MR) is 73.4 cm³/mol. The third-order valence-electron chi connectivity index (χ3n) is 2.97. The molecule has 1 atom stereocenters. The minimum Gasteiger partial charge on any atom is -0.330 e. The lowest BCUT2D eigenvalue weighted by atomic mass is 10.1. The minimum atomic E-state index is 0.590. The van der Waals surface area contributed by atoms with Gasteiger partial charge in [0, 0.05) is 11.0 Å². The van der Waals surface area contributed by atoms with Crippen molar-refractivity contribution >= 4 is 15.9 Å². The Kier molecular flexibility index (Phi) is 6.03. The molecule has 16 heavy (non-hydrogen) atoms. The van der Waals surface area contributed by atoms with E-state index in [0.29, 0.717) is 5.92 Å². The van der Waals surface area contributed by atoms with Crippen LogP contribution in [0.2, 0.25) is 0 Å². The number of hydrogen-bond acceptors (Lipinski definition) is 2. The lowest BCUT2D eigenvalue weighted by Gasteiger charge is -2.14. The molecule has 2 nitrogen and oxygen atoms in total. The molecule has 0 aliphatic rings. The molecule has 1 rings (SSSR count). The molecule has 0 aliphatic carbocycles. The third kappa shape index (κ3) is 4.24. The summed E-state index contributed by atoms with van der Waals surface area (Å²) in [6.45, 7) is 7.01. The topological polar surface area (TPSA) is 38.0 Å². The third-order valence-corrected chi connectivity index (χ3v) is 3.46. The maximum Gasteiger partial charge on any atom is 0.0208 e. The number of benzene rings is 1. The predicted octanol–water partition coefficient (Wildman–Crippen LogP) is 2.83. The highest BCUT2D eigenvalue weighted by molar-refractivity contribution is 9.10. The smallest absolute Gasteiger partial charge is 0.0208 e. The molecule has 0 heterocycles. The molecule has 0 aromatic heterocycles. The van der Waals surface area contributed by atoms with Crippen molar-refractivity contribution in [2.24, 2.45) is 11.7 Å². The molecule has 90 valence electrons. The van der Waals surface area contributed by atoms with Crippen LogP contribution in [-0.4, -0.2) is 13.1 Å². The Hall–Kier alpha value is -0.380. The molecular weight excluding hydrogens is 264 g/mol. The first-order valence-electron chi connectivity index (χ1n) is 5.83. The summed E-state index contributed by atoms with van der Waals surface area (Å²) < 4.78 is 1.14. The van der Waals surface area contributed by atoms with E-state index in [4.69, 9.17) is 5.73 Å². The Balaban J connectivity index is 2.45. The SMILES string of the molecule is CCC(CN)CNCc1cc(Br)ccc1C. The fourth-order valence-corrected chi connectivity index (χ4v) is 2.04. The van der Waals surface area contributed by atoms with E-state index in [1.165, 1.54) is 11.1 Å². The average molecular weight is 285 g/mol. The van der Waals surface area contributed by atoms with Gasteiger partial charge < -0.3 is 11.1 Å². The number of rotatable bonds is 6. The van der Waals surface area contributed by atoms with Crippen LogP contribution in [0.5, 0.6) is 0 Å². The summed E-state index contributed by atoms with van der Waals surface area (Å²) in [7, 11) is 0. The summed E-state index contributed by atoms with van der Waals surface area (Å²) in [5, 5.41) is 3.47. The van der Waals surface area contributed by atoms with Gasteiger partial charge in [-0.15, -0.1) is 0 Å². The van der Waals surface area contributed by atoms with Crippen LogP contribution in [0.4, 0.5) is 0 Å². The maximum absolute atomic E-state index is 5.67. The van der Waals surface area contributed by atoms with E-state index in [-0.39, 0.29) is 0 Å². The van der Waals surface area contributed by atoms with Crippen LogP contribution in [0.1, 0.15) is 24.5 Å². The molecule has 3 heteroatoms. The van der Waals surface area contributed by atoms with Gasteiger partial charge in [0.15, 0.2) is 0 Å². The van der Waals surface area contributed by atoms with Gasteiger partial charge >= 0.3 is 0 Å². The van der Waals surface area contributed by atoms with Crippen LogP contribution in [-0.2, 0) is 6.54 Å². The summed E-state index contributed by atoms with van der Waals surface area (Å²) in [6, 6.07) is 6.39. The maximum atomic E-state index is 5.67. The van der Waals surface area contributed by atoms with Gasteiger partial charge in [-0.05, 0) is 49.2 Å². The van der Waals surface area contributed by atoms with Gasteiger partial charge in [-0.25, -0.2) is 0 Å². The van der Waals surface area contributed by atoms with Gasteiger partial charge in [0.25, 0.3) is 0 Å². The first kappa shape index (κ1) is 13.7. The lowest BCUT2D eigenvalue weighted by Crippen LogP contribution is -2.27. The zero-order valence-corrected chi connectivity index (χ0v) is 11.7. The summed E-state index contributed by atoms with van der Waals surface area (Å²) in [5.74, 6) is 0.590. The highest BCUT2D eigenvalue weighted by Crippen LogP contribution is 2.15. The van der Waals surface area contributed by atoms with Gasteiger partial charge in [-0.3, -0.25) is 0 Å². The molecule has 3 N–H and O–H groups in total. The van der Waals surface area contributed by atoms with Crippen LogP contribution in [0.15, 0.2) is 22.7 Å². The second-order valence-electron chi connectivity index (χ2n) is 4.21. The lowest BCUT2D eigenvalue weighted by molar-refractivity contribution is 0.471. The molecule has 0 bridgehead atoms. The van der Waals surface area contributed by atoms with Crippen molar-refractivity contribution in [3.63, 3.8) is 0 Å². The summed E-state index contributed by atoms with van der Waals surface area (Å²) in [5.41, 5.74) is 8.35. The highest BCUT2D eigenvalue weighted by Gasteiger charge is 2.04. The average Bonchev–Trinajstić information content (AvgIpc) is 2.29. The molecule has 0 fully saturated rings. The number of halogens is 1. The molecule has 0 spiro atoms. The molecule has 0 saturated carbocycles. The van der Waals surface area contributed by atoms with Gasteiger partial charge in [-0.2, -0.15) is 0 Å². The molecular formula is C13H21BrN2. The van der Waals surface area contributed by atoms with E-state index in [0.717, 1.165) is 30.5 Å². The number of aryl methyl sites for hydroxylation is 1. The fraction of sp³-hybridized carbons (Fsp3) is 0.538. The largest absolute Gasteiger partial charge is 0.330 e. The first-order chi connectivity index (χ1) is 7.67. The second kappa shape index (κ2) is 7.05. The van der Waals surface area contributed by atoms with E-state index >= 15 is 0 Å². The van der Waals surface area contributed by atoms with Crippen LogP contribution >= 0.6 is 15.9 Å². The van der Waals surface area contributed by atoms with E-state index in [9.17, 15) is 0 Å². The summed E-state index contributed by atoms with van der Waals surface area (Å²) >= 11 is 3.50. The van der Waals surface area contributed by atoms with Gasteiger partial charge in [-0.1, -0.05) is 35.3 Å². The molecule has 1 aromatic carbocycles. The normalized spacial score (nSPS) is 12.8. The van der Waals surface area contributed by atoms with E-state index < -0.39 is 0 Å². The van der Waals surface area contributed by atoms with E-state index in [1.54, 1.807) is 0 Å². The zero-order valence-electron chi connectivity index (χ0n) is 10.1. The van der Waals surface area contributed by atoms with Gasteiger partial charge in [0.2, 0.25) is 0 Å². The Labute approximate surface area is 107 Å². The fourth-order valence-electron chi connectivity index (χ4n) is 1.64. The molecule has 0 amide bonds. The molecule has 1 aromatic rings. The van der Waals surface area contributed by atoms with Crippen molar-refractivity contribution in [1.29, 1.82) is 0 Å². The van der Waals surface area contributed by atoms with Crippen LogP contribution in [0.25, 0.3) is 0 Å².